The van der Waals surface area contributed by atoms with Crippen molar-refractivity contribution in [3.63, 3.8) is 0 Å². The summed E-state index contributed by atoms with van der Waals surface area (Å²) in [5.41, 5.74) is 5.52. The standard InChI is InChI=1S/C8H13F3N4O/c1-6(12)7-13-5-15(14-7)2-3-16-4-8(9,10)11/h5-6H,2-4,12H2,1H3. The van der Waals surface area contributed by atoms with Gasteiger partial charge < -0.3 is 10.5 Å². The van der Waals surface area contributed by atoms with E-state index in [4.69, 9.17) is 5.73 Å². The maximum absolute atomic E-state index is 11.7. The van der Waals surface area contributed by atoms with Crippen molar-refractivity contribution < 1.29 is 17.9 Å². The van der Waals surface area contributed by atoms with Crippen LogP contribution >= 0.6 is 0 Å². The van der Waals surface area contributed by atoms with Crippen LogP contribution in [-0.2, 0) is 11.3 Å². The first-order valence-corrected chi connectivity index (χ1v) is 4.68. The highest BCUT2D eigenvalue weighted by Crippen LogP contribution is 2.14. The predicted octanol–water partition coefficient (Wildman–Crippen LogP) is 0.877. The molecule has 0 saturated carbocycles. The second-order valence-electron chi connectivity index (χ2n) is 3.32. The van der Waals surface area contributed by atoms with Crippen LogP contribution < -0.4 is 5.73 Å². The third kappa shape index (κ3) is 4.58. The van der Waals surface area contributed by atoms with E-state index in [1.54, 1.807) is 6.92 Å². The number of rotatable bonds is 5. The molecule has 0 radical (unpaired) electrons. The second kappa shape index (κ2) is 5.26. The van der Waals surface area contributed by atoms with Gasteiger partial charge in [-0.2, -0.15) is 18.3 Å². The van der Waals surface area contributed by atoms with Crippen molar-refractivity contribution >= 4 is 0 Å². The molecule has 1 aromatic rings. The fraction of sp³-hybridized carbons (Fsp3) is 0.750. The van der Waals surface area contributed by atoms with E-state index < -0.39 is 12.8 Å². The number of nitrogens with two attached hydrogens (primary N) is 1. The minimum atomic E-state index is -4.29. The molecule has 0 saturated heterocycles. The molecule has 0 bridgehead atoms. The van der Waals surface area contributed by atoms with Crippen LogP contribution in [0.5, 0.6) is 0 Å². The number of hydrogen-bond acceptors (Lipinski definition) is 4. The van der Waals surface area contributed by atoms with Gasteiger partial charge in [0, 0.05) is 0 Å². The predicted molar refractivity (Wildman–Crippen MR) is 49.5 cm³/mol. The largest absolute Gasteiger partial charge is 0.411 e. The van der Waals surface area contributed by atoms with Gasteiger partial charge in [-0.05, 0) is 6.92 Å². The second-order valence-corrected chi connectivity index (χ2v) is 3.32. The Balaban J connectivity index is 2.27. The molecule has 0 aliphatic carbocycles. The number of ether oxygens (including phenoxy) is 1. The van der Waals surface area contributed by atoms with Crippen LogP contribution in [0.2, 0.25) is 0 Å². The average molecular weight is 238 g/mol. The lowest BCUT2D eigenvalue weighted by Gasteiger charge is -2.07. The highest BCUT2D eigenvalue weighted by Gasteiger charge is 2.27. The van der Waals surface area contributed by atoms with Crippen molar-refractivity contribution in [1.29, 1.82) is 0 Å². The molecule has 92 valence electrons. The summed E-state index contributed by atoms with van der Waals surface area (Å²) in [5.74, 6) is 0.454. The van der Waals surface area contributed by atoms with Crippen molar-refractivity contribution in [3.05, 3.63) is 12.2 Å². The van der Waals surface area contributed by atoms with Crippen molar-refractivity contribution in [1.82, 2.24) is 14.8 Å². The Morgan fingerprint density at radius 3 is 2.75 bits per heavy atom. The zero-order valence-corrected chi connectivity index (χ0v) is 8.74. The highest BCUT2D eigenvalue weighted by molar-refractivity contribution is 4.87. The molecular formula is C8H13F3N4O. The first-order chi connectivity index (χ1) is 7.38. The Hall–Kier alpha value is -1.15. The lowest BCUT2D eigenvalue weighted by atomic mass is 10.4. The molecule has 0 amide bonds. The van der Waals surface area contributed by atoms with Crippen LogP contribution in [0.25, 0.3) is 0 Å². The number of alkyl halides is 3. The molecule has 0 spiro atoms. The van der Waals surface area contributed by atoms with Crippen LogP contribution in [0.3, 0.4) is 0 Å². The van der Waals surface area contributed by atoms with Gasteiger partial charge in [0.1, 0.15) is 12.9 Å². The number of aromatic nitrogens is 3. The zero-order valence-electron chi connectivity index (χ0n) is 8.74. The lowest BCUT2D eigenvalue weighted by molar-refractivity contribution is -0.174. The summed E-state index contributed by atoms with van der Waals surface area (Å²) in [6, 6.07) is -0.294. The third-order valence-electron chi connectivity index (χ3n) is 1.69. The monoisotopic (exact) mass is 238 g/mol. The third-order valence-corrected chi connectivity index (χ3v) is 1.69. The fourth-order valence-electron chi connectivity index (χ4n) is 0.971. The van der Waals surface area contributed by atoms with Crippen LogP contribution in [0, 0.1) is 0 Å². The maximum atomic E-state index is 11.7. The van der Waals surface area contributed by atoms with Gasteiger partial charge in [0.15, 0.2) is 5.82 Å². The van der Waals surface area contributed by atoms with Gasteiger partial charge in [0.2, 0.25) is 0 Å². The smallest absolute Gasteiger partial charge is 0.370 e. The molecule has 1 heterocycles. The molecule has 5 nitrogen and oxygen atoms in total. The summed E-state index contributed by atoms with van der Waals surface area (Å²) < 4.78 is 41.0. The van der Waals surface area contributed by atoms with Gasteiger partial charge in [-0.1, -0.05) is 0 Å². The maximum Gasteiger partial charge on any atom is 0.411 e. The van der Waals surface area contributed by atoms with Crippen LogP contribution in [0.15, 0.2) is 6.33 Å². The topological polar surface area (TPSA) is 66.0 Å². The summed E-state index contributed by atoms with van der Waals surface area (Å²) in [4.78, 5) is 3.89. The van der Waals surface area contributed by atoms with Gasteiger partial charge in [-0.25, -0.2) is 4.98 Å². The molecule has 16 heavy (non-hydrogen) atoms. The van der Waals surface area contributed by atoms with E-state index in [2.05, 4.69) is 14.8 Å². The molecule has 0 fully saturated rings. The van der Waals surface area contributed by atoms with Crippen LogP contribution in [0.1, 0.15) is 18.8 Å². The van der Waals surface area contributed by atoms with Gasteiger partial charge >= 0.3 is 6.18 Å². The molecule has 0 aliphatic rings. The summed E-state index contributed by atoms with van der Waals surface area (Å²) in [6.07, 6.45) is -2.88. The van der Waals surface area contributed by atoms with E-state index in [0.717, 1.165) is 0 Å². The Labute approximate surface area is 90.4 Å². The molecule has 8 heteroatoms. The van der Waals surface area contributed by atoms with Crippen LogP contribution in [0.4, 0.5) is 13.2 Å². The van der Waals surface area contributed by atoms with Crippen LogP contribution in [-0.4, -0.2) is 34.2 Å². The minimum Gasteiger partial charge on any atom is -0.370 e. The summed E-state index contributed by atoms with van der Waals surface area (Å²) in [6.45, 7) is 0.624. The van der Waals surface area contributed by atoms with Crippen molar-refractivity contribution in [2.75, 3.05) is 13.2 Å². The quantitative estimate of drug-likeness (QED) is 0.773. The number of halogens is 3. The van der Waals surface area contributed by atoms with Gasteiger partial charge in [0.25, 0.3) is 0 Å². The molecule has 1 rings (SSSR count). The molecule has 1 atom stereocenters. The minimum absolute atomic E-state index is 0.0682. The van der Waals surface area contributed by atoms with E-state index in [1.807, 2.05) is 0 Å². The average Bonchev–Trinajstić information content (AvgIpc) is 2.59. The highest BCUT2D eigenvalue weighted by atomic mass is 19.4. The first-order valence-electron chi connectivity index (χ1n) is 4.68. The molecule has 1 aromatic heterocycles. The van der Waals surface area contributed by atoms with Crippen molar-refractivity contribution in [3.8, 4) is 0 Å². The van der Waals surface area contributed by atoms with Crippen molar-refractivity contribution in [2.45, 2.75) is 25.7 Å². The summed E-state index contributed by atoms with van der Waals surface area (Å²) in [7, 11) is 0. The van der Waals surface area contributed by atoms with E-state index in [0.29, 0.717) is 5.82 Å². The summed E-state index contributed by atoms with van der Waals surface area (Å²) in [5, 5.41) is 3.96. The van der Waals surface area contributed by atoms with E-state index in [1.165, 1.54) is 11.0 Å². The molecular weight excluding hydrogens is 225 g/mol. The number of nitrogens with zero attached hydrogens (tertiary/aromatic N) is 3. The fourth-order valence-corrected chi connectivity index (χ4v) is 0.971. The molecule has 0 aromatic carbocycles. The SMILES string of the molecule is CC(N)c1ncn(CCOCC(F)(F)F)n1. The number of hydrogen-bond donors (Lipinski definition) is 1. The summed E-state index contributed by atoms with van der Waals surface area (Å²) >= 11 is 0. The van der Waals surface area contributed by atoms with Gasteiger partial charge in [-0.15, -0.1) is 0 Å². The normalized spacial score (nSPS) is 14.1. The molecule has 1 unspecified atom stereocenters. The van der Waals surface area contributed by atoms with Gasteiger partial charge in [0.05, 0.1) is 19.2 Å². The first kappa shape index (κ1) is 12.9. The lowest BCUT2D eigenvalue weighted by Crippen LogP contribution is -2.19. The van der Waals surface area contributed by atoms with E-state index in [-0.39, 0.29) is 19.2 Å². The molecule has 0 aliphatic heterocycles. The van der Waals surface area contributed by atoms with E-state index in [9.17, 15) is 13.2 Å². The Morgan fingerprint density at radius 1 is 1.56 bits per heavy atom. The van der Waals surface area contributed by atoms with Crippen molar-refractivity contribution in [2.24, 2.45) is 5.73 Å². The van der Waals surface area contributed by atoms with E-state index >= 15 is 0 Å². The Kier molecular flexibility index (Phi) is 4.25. The Bertz CT molecular complexity index is 323. The Morgan fingerprint density at radius 2 is 2.25 bits per heavy atom. The molecule has 2 N–H and O–H groups in total. The zero-order chi connectivity index (χ0) is 12.2. The van der Waals surface area contributed by atoms with Gasteiger partial charge in [-0.3, -0.25) is 4.68 Å².